The van der Waals surface area contributed by atoms with Crippen molar-refractivity contribution in [2.24, 2.45) is 0 Å². The molecular weight excluding hydrogens is 230 g/mol. The molecule has 0 amide bonds. The second-order valence-corrected chi connectivity index (χ2v) is 5.44. The summed E-state index contributed by atoms with van der Waals surface area (Å²) >= 11 is 1.87. The van der Waals surface area contributed by atoms with Crippen molar-refractivity contribution < 1.29 is 0 Å². The van der Waals surface area contributed by atoms with Crippen LogP contribution in [-0.4, -0.2) is 16.1 Å². The van der Waals surface area contributed by atoms with Gasteiger partial charge in [0.15, 0.2) is 0 Å². The number of aromatic nitrogens is 2. The molecule has 0 fully saturated rings. The molecule has 2 heterocycles. The highest BCUT2D eigenvalue weighted by Gasteiger charge is 2.05. The molecule has 0 atom stereocenters. The highest BCUT2D eigenvalue weighted by molar-refractivity contribution is 7.11. The monoisotopic (exact) mass is 249 g/mol. The Bertz CT molecular complexity index is 485. The van der Waals surface area contributed by atoms with E-state index in [1.165, 1.54) is 15.4 Å². The van der Waals surface area contributed by atoms with Crippen molar-refractivity contribution in [2.45, 2.75) is 33.9 Å². The smallest absolute Gasteiger partial charge is 0.0954 e. The molecule has 3 nitrogen and oxygen atoms in total. The fourth-order valence-corrected chi connectivity index (χ4v) is 2.71. The fourth-order valence-electron chi connectivity index (χ4n) is 1.72. The average Bonchev–Trinajstić information content (AvgIpc) is 2.89. The zero-order valence-electron chi connectivity index (χ0n) is 10.7. The summed E-state index contributed by atoms with van der Waals surface area (Å²) in [5, 5.41) is 3.35. The van der Waals surface area contributed by atoms with E-state index in [0.29, 0.717) is 0 Å². The van der Waals surface area contributed by atoms with Crippen LogP contribution in [0.25, 0.3) is 0 Å². The molecule has 92 valence electrons. The van der Waals surface area contributed by atoms with Crippen molar-refractivity contribution >= 4 is 11.3 Å². The van der Waals surface area contributed by atoms with Gasteiger partial charge in [-0.2, -0.15) is 0 Å². The molecule has 4 heteroatoms. The minimum absolute atomic E-state index is 0.934. The summed E-state index contributed by atoms with van der Waals surface area (Å²) in [5.74, 6) is 0. The van der Waals surface area contributed by atoms with Crippen molar-refractivity contribution in [3.8, 4) is 0 Å². The second-order valence-electron chi connectivity index (χ2n) is 4.19. The van der Waals surface area contributed by atoms with Gasteiger partial charge in [0, 0.05) is 22.0 Å². The lowest BCUT2D eigenvalue weighted by Gasteiger charge is -2.02. The Morgan fingerprint density at radius 3 is 2.71 bits per heavy atom. The molecule has 1 N–H and O–H groups in total. The van der Waals surface area contributed by atoms with Crippen LogP contribution < -0.4 is 5.32 Å². The second kappa shape index (κ2) is 5.47. The summed E-state index contributed by atoms with van der Waals surface area (Å²) in [6.45, 7) is 9.23. The first-order valence-electron chi connectivity index (χ1n) is 5.97. The molecular formula is C13H19N3S. The van der Waals surface area contributed by atoms with Crippen molar-refractivity contribution in [3.63, 3.8) is 0 Å². The number of aryl methyl sites for hydroxylation is 1. The van der Waals surface area contributed by atoms with Crippen LogP contribution in [0.3, 0.4) is 0 Å². The lowest BCUT2D eigenvalue weighted by atomic mass is 10.3. The largest absolute Gasteiger partial charge is 0.329 e. The third-order valence-electron chi connectivity index (χ3n) is 2.94. The first kappa shape index (κ1) is 12.3. The first-order chi connectivity index (χ1) is 8.20. The van der Waals surface area contributed by atoms with E-state index < -0.39 is 0 Å². The van der Waals surface area contributed by atoms with Crippen LogP contribution in [0.4, 0.5) is 0 Å². The zero-order valence-corrected chi connectivity index (χ0v) is 11.5. The van der Waals surface area contributed by atoms with Crippen LogP contribution in [0.5, 0.6) is 0 Å². The molecule has 0 saturated carbocycles. The van der Waals surface area contributed by atoms with Gasteiger partial charge in [-0.3, -0.25) is 0 Å². The molecule has 17 heavy (non-hydrogen) atoms. The Kier molecular flexibility index (Phi) is 3.97. The summed E-state index contributed by atoms with van der Waals surface area (Å²) in [5.41, 5.74) is 2.38. The third kappa shape index (κ3) is 2.96. The van der Waals surface area contributed by atoms with Crippen molar-refractivity contribution in [1.82, 2.24) is 14.9 Å². The predicted octanol–water partition coefficient (Wildman–Crippen LogP) is 2.72. The summed E-state index contributed by atoms with van der Waals surface area (Å²) in [4.78, 5) is 7.11. The van der Waals surface area contributed by atoms with Crippen LogP contribution in [0.2, 0.25) is 0 Å². The molecule has 0 bridgehead atoms. The van der Waals surface area contributed by atoms with Crippen LogP contribution in [0.15, 0.2) is 18.5 Å². The number of hydrogen-bond acceptors (Lipinski definition) is 3. The Hall–Kier alpha value is -1.13. The van der Waals surface area contributed by atoms with Gasteiger partial charge in [0.1, 0.15) is 0 Å². The molecule has 0 saturated heterocycles. The fraction of sp³-hybridized carbons (Fsp3) is 0.462. The van der Waals surface area contributed by atoms with E-state index in [-0.39, 0.29) is 0 Å². The average molecular weight is 249 g/mol. The van der Waals surface area contributed by atoms with E-state index in [0.717, 1.165) is 25.3 Å². The summed E-state index contributed by atoms with van der Waals surface area (Å²) < 4.78 is 2.21. The highest BCUT2D eigenvalue weighted by atomic mass is 32.1. The molecule has 0 spiro atoms. The van der Waals surface area contributed by atoms with Gasteiger partial charge in [0.2, 0.25) is 0 Å². The van der Waals surface area contributed by atoms with Crippen LogP contribution in [0, 0.1) is 13.8 Å². The van der Waals surface area contributed by atoms with Crippen LogP contribution in [-0.2, 0) is 13.1 Å². The summed E-state index contributed by atoms with van der Waals surface area (Å²) in [6.07, 6.45) is 1.92. The molecule has 0 aliphatic heterocycles. The molecule has 2 rings (SSSR count). The Morgan fingerprint density at radius 1 is 1.29 bits per heavy atom. The first-order valence-corrected chi connectivity index (χ1v) is 6.79. The Labute approximate surface area is 107 Å². The Balaban J connectivity index is 2.04. The molecule has 0 aliphatic carbocycles. The number of rotatable bonds is 5. The standard InChI is InChI=1S/C13H19N3S/c1-4-14-7-12-5-6-13(17-12)8-16-9-15-10(2)11(16)3/h5-6,9,14H,4,7-8H2,1-3H3. The number of hydrogen-bond donors (Lipinski definition) is 1. The van der Waals surface area contributed by atoms with E-state index in [2.05, 4.69) is 47.8 Å². The van der Waals surface area contributed by atoms with Gasteiger partial charge in [-0.25, -0.2) is 4.98 Å². The number of imidazole rings is 1. The molecule has 2 aromatic heterocycles. The van der Waals surface area contributed by atoms with E-state index in [9.17, 15) is 0 Å². The van der Waals surface area contributed by atoms with Crippen molar-refractivity contribution in [1.29, 1.82) is 0 Å². The number of thiophene rings is 1. The van der Waals surface area contributed by atoms with Gasteiger partial charge in [-0.15, -0.1) is 11.3 Å². The third-order valence-corrected chi connectivity index (χ3v) is 4.01. The molecule has 0 radical (unpaired) electrons. The van der Waals surface area contributed by atoms with Gasteiger partial charge in [0.25, 0.3) is 0 Å². The van der Waals surface area contributed by atoms with Gasteiger partial charge in [-0.1, -0.05) is 6.92 Å². The summed E-state index contributed by atoms with van der Waals surface area (Å²) in [7, 11) is 0. The quantitative estimate of drug-likeness (QED) is 0.883. The lowest BCUT2D eigenvalue weighted by molar-refractivity contribution is 0.735. The number of nitrogens with zero attached hydrogens (tertiary/aromatic N) is 2. The van der Waals surface area contributed by atoms with Crippen molar-refractivity contribution in [2.75, 3.05) is 6.54 Å². The van der Waals surface area contributed by atoms with Gasteiger partial charge < -0.3 is 9.88 Å². The maximum atomic E-state index is 4.32. The van der Waals surface area contributed by atoms with E-state index >= 15 is 0 Å². The predicted molar refractivity (Wildman–Crippen MR) is 72.5 cm³/mol. The Morgan fingerprint density at radius 2 is 2.06 bits per heavy atom. The minimum Gasteiger partial charge on any atom is -0.329 e. The van der Waals surface area contributed by atoms with Crippen LogP contribution >= 0.6 is 11.3 Å². The molecule has 0 aromatic carbocycles. The topological polar surface area (TPSA) is 29.9 Å². The van der Waals surface area contributed by atoms with Gasteiger partial charge >= 0.3 is 0 Å². The summed E-state index contributed by atoms with van der Waals surface area (Å²) in [6, 6.07) is 4.42. The van der Waals surface area contributed by atoms with Crippen molar-refractivity contribution in [3.05, 3.63) is 39.6 Å². The molecule has 0 unspecified atom stereocenters. The zero-order chi connectivity index (χ0) is 12.3. The minimum atomic E-state index is 0.934. The van der Waals surface area contributed by atoms with Gasteiger partial charge in [0.05, 0.1) is 18.6 Å². The maximum Gasteiger partial charge on any atom is 0.0954 e. The normalized spacial score (nSPS) is 11.0. The highest BCUT2D eigenvalue weighted by Crippen LogP contribution is 2.18. The van der Waals surface area contributed by atoms with Crippen LogP contribution in [0.1, 0.15) is 28.1 Å². The molecule has 2 aromatic rings. The van der Waals surface area contributed by atoms with E-state index in [4.69, 9.17) is 0 Å². The number of nitrogens with one attached hydrogen (secondary N) is 1. The van der Waals surface area contributed by atoms with Gasteiger partial charge in [-0.05, 0) is 32.5 Å². The SMILES string of the molecule is CCNCc1ccc(Cn2cnc(C)c2C)s1. The van der Waals surface area contributed by atoms with E-state index in [1.54, 1.807) is 0 Å². The maximum absolute atomic E-state index is 4.32. The van der Waals surface area contributed by atoms with E-state index in [1.807, 2.05) is 17.7 Å². The molecule has 0 aliphatic rings. The lowest BCUT2D eigenvalue weighted by Crippen LogP contribution is -2.10.